The van der Waals surface area contributed by atoms with E-state index < -0.39 is 5.82 Å². The van der Waals surface area contributed by atoms with Gasteiger partial charge in [-0.1, -0.05) is 40.9 Å². The van der Waals surface area contributed by atoms with Gasteiger partial charge in [0.15, 0.2) is 10.9 Å². The van der Waals surface area contributed by atoms with Crippen LogP contribution in [0.25, 0.3) is 0 Å². The molecule has 0 unspecified atom stereocenters. The summed E-state index contributed by atoms with van der Waals surface area (Å²) in [7, 11) is 0. The number of halogens is 4. The Hall–Kier alpha value is -1.07. The van der Waals surface area contributed by atoms with Gasteiger partial charge in [0, 0.05) is 5.02 Å². The summed E-state index contributed by atoms with van der Waals surface area (Å²) in [5, 5.41) is 6.69. The van der Waals surface area contributed by atoms with Crippen LogP contribution in [0, 0.1) is 5.82 Å². The van der Waals surface area contributed by atoms with Crippen molar-refractivity contribution in [2.45, 2.75) is 0 Å². The third-order valence-corrected chi connectivity index (χ3v) is 3.44. The van der Waals surface area contributed by atoms with Gasteiger partial charge in [0.2, 0.25) is 0 Å². The van der Waals surface area contributed by atoms with Gasteiger partial charge < -0.3 is 10.6 Å². The van der Waals surface area contributed by atoms with Crippen LogP contribution in [0.15, 0.2) is 36.4 Å². The van der Waals surface area contributed by atoms with Crippen LogP contribution in [0.1, 0.15) is 0 Å². The van der Waals surface area contributed by atoms with E-state index in [1.54, 1.807) is 24.3 Å². The van der Waals surface area contributed by atoms with E-state index in [2.05, 4.69) is 10.6 Å². The molecule has 0 bridgehead atoms. The van der Waals surface area contributed by atoms with Gasteiger partial charge in [-0.05, 0) is 42.5 Å². The lowest BCUT2D eigenvalue weighted by atomic mass is 10.3. The van der Waals surface area contributed by atoms with Crippen LogP contribution >= 0.6 is 47.0 Å². The summed E-state index contributed by atoms with van der Waals surface area (Å²) in [5.74, 6) is -0.574. The van der Waals surface area contributed by atoms with Crippen molar-refractivity contribution in [1.82, 2.24) is 0 Å². The lowest BCUT2D eigenvalue weighted by molar-refractivity contribution is 0.632. The van der Waals surface area contributed by atoms with E-state index in [0.29, 0.717) is 15.7 Å². The van der Waals surface area contributed by atoms with E-state index in [9.17, 15) is 4.39 Å². The summed E-state index contributed by atoms with van der Waals surface area (Å²) in [4.78, 5) is 0. The van der Waals surface area contributed by atoms with Crippen molar-refractivity contribution >= 4 is 63.5 Å². The van der Waals surface area contributed by atoms with Crippen LogP contribution in [0.3, 0.4) is 0 Å². The Morgan fingerprint density at radius 1 is 0.950 bits per heavy atom. The van der Waals surface area contributed by atoms with Gasteiger partial charge in [0.1, 0.15) is 0 Å². The highest BCUT2D eigenvalue weighted by molar-refractivity contribution is 7.80. The van der Waals surface area contributed by atoms with Crippen molar-refractivity contribution in [1.29, 1.82) is 0 Å². The SMILES string of the molecule is Fc1c(Cl)cccc1NC(=S)Nc1cc(Cl)ccc1Cl. The molecule has 0 aliphatic carbocycles. The molecule has 2 aromatic carbocycles. The number of rotatable bonds is 2. The van der Waals surface area contributed by atoms with Crippen molar-refractivity contribution in [3.05, 3.63) is 57.3 Å². The van der Waals surface area contributed by atoms with Gasteiger partial charge >= 0.3 is 0 Å². The zero-order chi connectivity index (χ0) is 14.7. The number of anilines is 2. The fourth-order valence-corrected chi connectivity index (χ4v) is 2.20. The molecule has 0 fully saturated rings. The molecule has 0 saturated carbocycles. The van der Waals surface area contributed by atoms with E-state index in [4.69, 9.17) is 47.0 Å². The molecule has 104 valence electrons. The van der Waals surface area contributed by atoms with Gasteiger partial charge in [-0.25, -0.2) is 4.39 Å². The maximum atomic E-state index is 13.7. The molecule has 7 heteroatoms. The second kappa shape index (κ2) is 6.59. The van der Waals surface area contributed by atoms with E-state index in [0.717, 1.165) is 0 Å². The van der Waals surface area contributed by atoms with Crippen LogP contribution in [-0.4, -0.2) is 5.11 Å². The Morgan fingerprint density at radius 2 is 1.65 bits per heavy atom. The van der Waals surface area contributed by atoms with Crippen molar-refractivity contribution in [3.8, 4) is 0 Å². The number of hydrogen-bond donors (Lipinski definition) is 2. The first-order valence-electron chi connectivity index (χ1n) is 5.44. The topological polar surface area (TPSA) is 24.1 Å². The van der Waals surface area contributed by atoms with E-state index in [1.165, 1.54) is 12.1 Å². The zero-order valence-electron chi connectivity index (χ0n) is 9.88. The van der Waals surface area contributed by atoms with Gasteiger partial charge in [-0.2, -0.15) is 0 Å². The van der Waals surface area contributed by atoms with Crippen LogP contribution in [0.5, 0.6) is 0 Å². The molecule has 2 rings (SSSR count). The largest absolute Gasteiger partial charge is 0.331 e. The molecule has 0 aromatic heterocycles. The third-order valence-electron chi connectivity index (χ3n) is 2.38. The normalized spacial score (nSPS) is 10.2. The number of hydrogen-bond acceptors (Lipinski definition) is 1. The zero-order valence-corrected chi connectivity index (χ0v) is 13.0. The predicted octanol–water partition coefficient (Wildman–Crippen LogP) is 5.59. The monoisotopic (exact) mass is 348 g/mol. The third kappa shape index (κ3) is 3.73. The standard InChI is InChI=1S/C13H8Cl3FN2S/c14-7-4-5-8(15)11(6-7)19-13(20)18-10-3-1-2-9(16)12(10)17/h1-6H,(H2,18,19,20). The summed E-state index contributed by atoms with van der Waals surface area (Å²) in [6.45, 7) is 0. The van der Waals surface area contributed by atoms with Crippen molar-refractivity contribution in [3.63, 3.8) is 0 Å². The number of thiocarbonyl (C=S) groups is 1. The molecular weight excluding hydrogens is 342 g/mol. The minimum absolute atomic E-state index is 0.0126. The molecule has 0 saturated heterocycles. The average Bonchev–Trinajstić information content (AvgIpc) is 2.39. The lowest BCUT2D eigenvalue weighted by Crippen LogP contribution is -2.20. The van der Waals surface area contributed by atoms with Crippen molar-refractivity contribution in [2.75, 3.05) is 10.6 Å². The van der Waals surface area contributed by atoms with Gasteiger partial charge in [0.05, 0.1) is 21.4 Å². The smallest absolute Gasteiger partial charge is 0.175 e. The molecule has 0 aliphatic rings. The highest BCUT2D eigenvalue weighted by Gasteiger charge is 2.09. The Bertz CT molecular complexity index is 658. The predicted molar refractivity (Wildman–Crippen MR) is 87.7 cm³/mol. The quantitative estimate of drug-likeness (QED) is 0.691. The fraction of sp³-hybridized carbons (Fsp3) is 0. The summed E-state index contributed by atoms with van der Waals surface area (Å²) in [6, 6.07) is 9.49. The Labute approximate surface area is 135 Å². The summed E-state index contributed by atoms with van der Waals surface area (Å²) in [5.41, 5.74) is 0.701. The lowest BCUT2D eigenvalue weighted by Gasteiger charge is -2.13. The van der Waals surface area contributed by atoms with E-state index >= 15 is 0 Å². The highest BCUT2D eigenvalue weighted by Crippen LogP contribution is 2.26. The van der Waals surface area contributed by atoms with Gasteiger partial charge in [-0.3, -0.25) is 0 Å². The maximum Gasteiger partial charge on any atom is 0.175 e. The van der Waals surface area contributed by atoms with Crippen LogP contribution in [0.2, 0.25) is 15.1 Å². The molecule has 0 amide bonds. The van der Waals surface area contributed by atoms with Crippen molar-refractivity contribution in [2.24, 2.45) is 0 Å². The molecule has 20 heavy (non-hydrogen) atoms. The Morgan fingerprint density at radius 3 is 2.40 bits per heavy atom. The van der Waals surface area contributed by atoms with Crippen LogP contribution < -0.4 is 10.6 Å². The number of nitrogens with one attached hydrogen (secondary N) is 2. The van der Waals surface area contributed by atoms with Crippen molar-refractivity contribution < 1.29 is 4.39 Å². The molecule has 0 spiro atoms. The van der Waals surface area contributed by atoms with Gasteiger partial charge in [-0.15, -0.1) is 0 Å². The maximum absolute atomic E-state index is 13.7. The molecule has 0 aliphatic heterocycles. The molecule has 0 radical (unpaired) electrons. The summed E-state index contributed by atoms with van der Waals surface area (Å²) < 4.78 is 13.7. The van der Waals surface area contributed by atoms with Crippen LogP contribution in [-0.2, 0) is 0 Å². The minimum atomic E-state index is -0.574. The summed E-state index contributed by atoms with van der Waals surface area (Å²) >= 11 is 22.6. The average molecular weight is 350 g/mol. The second-order valence-corrected chi connectivity index (χ2v) is 5.46. The number of benzene rings is 2. The Kier molecular flexibility index (Phi) is 5.05. The first-order chi connectivity index (χ1) is 9.47. The molecule has 0 atom stereocenters. The fourth-order valence-electron chi connectivity index (χ4n) is 1.47. The molecule has 2 N–H and O–H groups in total. The summed E-state index contributed by atoms with van der Waals surface area (Å²) in [6.07, 6.45) is 0. The molecular formula is C13H8Cl3FN2S. The molecule has 0 heterocycles. The Balaban J connectivity index is 2.13. The van der Waals surface area contributed by atoms with E-state index in [1.807, 2.05) is 0 Å². The highest BCUT2D eigenvalue weighted by atomic mass is 35.5. The molecule has 2 aromatic rings. The first-order valence-corrected chi connectivity index (χ1v) is 6.98. The van der Waals surface area contributed by atoms with Crippen LogP contribution in [0.4, 0.5) is 15.8 Å². The minimum Gasteiger partial charge on any atom is -0.331 e. The van der Waals surface area contributed by atoms with Gasteiger partial charge in [0.25, 0.3) is 0 Å². The first kappa shape index (κ1) is 15.3. The van der Waals surface area contributed by atoms with E-state index in [-0.39, 0.29) is 15.8 Å². The molecule has 2 nitrogen and oxygen atoms in total. The second-order valence-electron chi connectivity index (χ2n) is 3.80.